The first-order valence-corrected chi connectivity index (χ1v) is 6.26. The van der Waals surface area contributed by atoms with Gasteiger partial charge in [0.1, 0.15) is 5.75 Å². The fourth-order valence-electron chi connectivity index (χ4n) is 2.50. The van der Waals surface area contributed by atoms with Gasteiger partial charge in [0.2, 0.25) is 0 Å². The highest BCUT2D eigenvalue weighted by Crippen LogP contribution is 2.40. The molecule has 2 N–H and O–H groups in total. The second kappa shape index (κ2) is 4.78. The lowest BCUT2D eigenvalue weighted by molar-refractivity contribution is 0.270. The van der Waals surface area contributed by atoms with Crippen molar-refractivity contribution in [2.75, 3.05) is 13.2 Å². The Morgan fingerprint density at radius 1 is 1.22 bits per heavy atom. The first-order valence-electron chi connectivity index (χ1n) is 6.26. The molecule has 0 fully saturated rings. The fraction of sp³-hybridized carbons (Fsp3) is 0.267. The Morgan fingerprint density at radius 3 is 2.83 bits per heavy atom. The Balaban J connectivity index is 2.12. The average molecular weight is 240 g/mol. The molecule has 3 rings (SSSR count). The third-order valence-corrected chi connectivity index (χ3v) is 3.47. The van der Waals surface area contributed by atoms with Crippen molar-refractivity contribution < 1.29 is 4.74 Å². The first kappa shape index (κ1) is 11.2. The summed E-state index contributed by atoms with van der Waals surface area (Å²) < 4.78 is 5.87. The molecule has 2 aromatic rings. The summed E-state index contributed by atoms with van der Waals surface area (Å²) in [5.74, 6) is 1.40. The maximum atomic E-state index is 5.87. The van der Waals surface area contributed by atoms with E-state index in [0.29, 0.717) is 12.5 Å². The van der Waals surface area contributed by atoms with Crippen LogP contribution in [0.1, 0.15) is 17.9 Å². The van der Waals surface area contributed by atoms with Crippen LogP contribution >= 0.6 is 0 Å². The molecular weight excluding hydrogens is 224 g/mol. The normalized spacial score (nSPS) is 17.9. The number of nitrogens with two attached hydrogens (primary N) is 1. The zero-order valence-electron chi connectivity index (χ0n) is 10.2. The summed E-state index contributed by atoms with van der Waals surface area (Å²) in [5.41, 5.74) is 9.35. The van der Waals surface area contributed by atoms with Crippen LogP contribution in [0.15, 0.2) is 42.7 Å². The van der Waals surface area contributed by atoms with Crippen LogP contribution in [0.25, 0.3) is 11.1 Å². The zero-order valence-corrected chi connectivity index (χ0v) is 10.2. The van der Waals surface area contributed by atoms with Crippen molar-refractivity contribution in [2.24, 2.45) is 5.73 Å². The Labute approximate surface area is 107 Å². The quantitative estimate of drug-likeness (QED) is 0.877. The van der Waals surface area contributed by atoms with E-state index in [0.717, 1.165) is 29.9 Å². The number of aromatic nitrogens is 1. The van der Waals surface area contributed by atoms with Gasteiger partial charge in [-0.2, -0.15) is 0 Å². The Hall–Kier alpha value is -1.87. The molecule has 92 valence electrons. The lowest BCUT2D eigenvalue weighted by Crippen LogP contribution is -2.21. The third-order valence-electron chi connectivity index (χ3n) is 3.47. The molecule has 2 heterocycles. The van der Waals surface area contributed by atoms with E-state index in [-0.39, 0.29) is 0 Å². The zero-order chi connectivity index (χ0) is 12.4. The van der Waals surface area contributed by atoms with Gasteiger partial charge in [0.15, 0.2) is 0 Å². The van der Waals surface area contributed by atoms with E-state index in [1.807, 2.05) is 12.1 Å². The average Bonchev–Trinajstić information content (AvgIpc) is 2.47. The number of nitrogens with zero attached hydrogens (tertiary/aromatic N) is 1. The summed E-state index contributed by atoms with van der Waals surface area (Å²) in [6.45, 7) is 1.42. The van der Waals surface area contributed by atoms with E-state index in [4.69, 9.17) is 10.5 Å². The van der Waals surface area contributed by atoms with Crippen LogP contribution in [0.2, 0.25) is 0 Å². The smallest absolute Gasteiger partial charge is 0.130 e. The van der Waals surface area contributed by atoms with Crippen molar-refractivity contribution in [3.8, 4) is 16.9 Å². The highest BCUT2D eigenvalue weighted by Gasteiger charge is 2.22. The van der Waals surface area contributed by atoms with Gasteiger partial charge in [-0.25, -0.2) is 0 Å². The first-order chi connectivity index (χ1) is 8.90. The van der Waals surface area contributed by atoms with Crippen molar-refractivity contribution in [3.05, 3.63) is 48.3 Å². The van der Waals surface area contributed by atoms with Gasteiger partial charge in [0.05, 0.1) is 6.61 Å². The molecule has 0 spiro atoms. The number of fused-ring (bicyclic) bond motifs is 1. The number of pyridine rings is 1. The molecule has 0 unspecified atom stereocenters. The summed E-state index contributed by atoms with van der Waals surface area (Å²) in [4.78, 5) is 4.05. The molecule has 0 saturated heterocycles. The largest absolute Gasteiger partial charge is 0.493 e. The predicted molar refractivity (Wildman–Crippen MR) is 71.6 cm³/mol. The van der Waals surface area contributed by atoms with Crippen molar-refractivity contribution in [3.63, 3.8) is 0 Å². The van der Waals surface area contributed by atoms with E-state index in [2.05, 4.69) is 23.2 Å². The van der Waals surface area contributed by atoms with Gasteiger partial charge in [-0.1, -0.05) is 18.2 Å². The summed E-state index contributed by atoms with van der Waals surface area (Å²) in [7, 11) is 0. The van der Waals surface area contributed by atoms with Crippen LogP contribution in [0.5, 0.6) is 5.75 Å². The van der Waals surface area contributed by atoms with Gasteiger partial charge in [-0.05, 0) is 36.2 Å². The molecule has 1 aliphatic rings. The van der Waals surface area contributed by atoms with Crippen LogP contribution in [-0.2, 0) is 0 Å². The van der Waals surface area contributed by atoms with Crippen LogP contribution in [0.3, 0.4) is 0 Å². The van der Waals surface area contributed by atoms with Gasteiger partial charge < -0.3 is 10.5 Å². The molecule has 1 aliphatic heterocycles. The molecule has 0 bridgehead atoms. The molecule has 18 heavy (non-hydrogen) atoms. The maximum absolute atomic E-state index is 5.87. The lowest BCUT2D eigenvalue weighted by Gasteiger charge is -2.26. The fourth-order valence-corrected chi connectivity index (χ4v) is 2.50. The number of para-hydroxylation sites is 1. The molecule has 1 aromatic heterocycles. The highest BCUT2D eigenvalue weighted by molar-refractivity contribution is 5.72. The van der Waals surface area contributed by atoms with E-state index in [1.165, 1.54) is 5.56 Å². The van der Waals surface area contributed by atoms with Crippen molar-refractivity contribution >= 4 is 0 Å². The minimum absolute atomic E-state index is 0.413. The van der Waals surface area contributed by atoms with Crippen molar-refractivity contribution in [1.82, 2.24) is 4.98 Å². The molecule has 0 amide bonds. The SMILES string of the molecule is NC[C@@H]1CCOc2c(-c3ccncc3)cccc21. The number of rotatable bonds is 2. The highest BCUT2D eigenvalue weighted by atomic mass is 16.5. The topological polar surface area (TPSA) is 48.1 Å². The van der Waals surface area contributed by atoms with E-state index >= 15 is 0 Å². The van der Waals surface area contributed by atoms with Crippen LogP contribution in [-0.4, -0.2) is 18.1 Å². The van der Waals surface area contributed by atoms with Crippen LogP contribution in [0, 0.1) is 0 Å². The molecular formula is C15H16N2O. The minimum atomic E-state index is 0.413. The molecule has 0 saturated carbocycles. The van der Waals surface area contributed by atoms with E-state index < -0.39 is 0 Å². The summed E-state index contributed by atoms with van der Waals surface area (Å²) in [6, 6.07) is 10.3. The molecule has 0 radical (unpaired) electrons. The van der Waals surface area contributed by atoms with Gasteiger partial charge in [-0.3, -0.25) is 4.98 Å². The predicted octanol–water partition coefficient (Wildman–Crippen LogP) is 2.57. The molecule has 3 heteroatoms. The lowest BCUT2D eigenvalue weighted by atomic mass is 9.90. The molecule has 3 nitrogen and oxygen atoms in total. The second-order valence-electron chi connectivity index (χ2n) is 4.53. The van der Waals surface area contributed by atoms with Crippen molar-refractivity contribution in [1.29, 1.82) is 0 Å². The van der Waals surface area contributed by atoms with Gasteiger partial charge in [0.25, 0.3) is 0 Å². The summed E-state index contributed by atoms with van der Waals surface area (Å²) in [6.07, 6.45) is 4.61. The second-order valence-corrected chi connectivity index (χ2v) is 4.53. The number of hydrogen-bond donors (Lipinski definition) is 1. The van der Waals surface area contributed by atoms with Gasteiger partial charge in [0, 0.05) is 23.9 Å². The minimum Gasteiger partial charge on any atom is -0.493 e. The number of ether oxygens (including phenoxy) is 1. The third kappa shape index (κ3) is 1.87. The summed E-state index contributed by atoms with van der Waals surface area (Å²) >= 11 is 0. The molecule has 0 aliphatic carbocycles. The van der Waals surface area contributed by atoms with Crippen LogP contribution < -0.4 is 10.5 Å². The number of hydrogen-bond acceptors (Lipinski definition) is 3. The molecule has 1 atom stereocenters. The van der Waals surface area contributed by atoms with Crippen LogP contribution in [0.4, 0.5) is 0 Å². The van der Waals surface area contributed by atoms with Gasteiger partial charge in [-0.15, -0.1) is 0 Å². The Bertz CT molecular complexity index is 539. The molecule has 1 aromatic carbocycles. The Morgan fingerprint density at radius 2 is 2.06 bits per heavy atom. The Kier molecular flexibility index (Phi) is 2.99. The van der Waals surface area contributed by atoms with E-state index in [1.54, 1.807) is 12.4 Å². The standard InChI is InChI=1S/C15H16N2O/c16-10-12-6-9-18-15-13(2-1-3-14(12)15)11-4-7-17-8-5-11/h1-5,7-8,12H,6,9-10,16H2/t12-/m0/s1. The monoisotopic (exact) mass is 240 g/mol. The van der Waals surface area contributed by atoms with E-state index in [9.17, 15) is 0 Å². The number of benzene rings is 1. The maximum Gasteiger partial charge on any atom is 0.130 e. The van der Waals surface area contributed by atoms with Gasteiger partial charge >= 0.3 is 0 Å². The van der Waals surface area contributed by atoms with Crippen molar-refractivity contribution in [2.45, 2.75) is 12.3 Å². The summed E-state index contributed by atoms with van der Waals surface area (Å²) in [5, 5.41) is 0.